The molecule has 0 aliphatic carbocycles. The predicted molar refractivity (Wildman–Crippen MR) is 112 cm³/mol. The molecule has 0 N–H and O–H groups in total. The van der Waals surface area contributed by atoms with Crippen LogP contribution in [0.1, 0.15) is 5.56 Å². The standard InChI is InChI=1S/C19H14N2O9S2/c1-29-17(22)11-20-18(23)16(31-19(20)24)9-12-5-7-14(8-6-12)30-32(27,28)15-4-2-3-13(10-15)21(25)26/h2-10H,11H2,1H3/b16-9-. The molecule has 166 valence electrons. The molecule has 0 aromatic heterocycles. The van der Waals surface area contributed by atoms with E-state index in [2.05, 4.69) is 4.74 Å². The normalized spacial score (nSPS) is 15.2. The first-order chi connectivity index (χ1) is 15.1. The summed E-state index contributed by atoms with van der Waals surface area (Å²) in [5.74, 6) is -1.45. The molecule has 13 heteroatoms. The topological polar surface area (TPSA) is 150 Å². The molecule has 1 saturated heterocycles. The molecule has 11 nitrogen and oxygen atoms in total. The minimum absolute atomic E-state index is 0.0625. The zero-order valence-corrected chi connectivity index (χ0v) is 17.9. The minimum atomic E-state index is -4.32. The summed E-state index contributed by atoms with van der Waals surface area (Å²) in [6.45, 7) is -0.499. The number of non-ortho nitro benzene ring substituents is 1. The van der Waals surface area contributed by atoms with Crippen LogP contribution in [0.3, 0.4) is 0 Å². The molecule has 0 spiro atoms. The van der Waals surface area contributed by atoms with Gasteiger partial charge in [-0.2, -0.15) is 8.42 Å². The zero-order valence-electron chi connectivity index (χ0n) is 16.3. The number of esters is 1. The third kappa shape index (κ3) is 5.12. The van der Waals surface area contributed by atoms with Crippen molar-refractivity contribution >= 4 is 50.8 Å². The first kappa shape index (κ1) is 23.0. The van der Waals surface area contributed by atoms with Crippen molar-refractivity contribution in [3.63, 3.8) is 0 Å². The maximum Gasteiger partial charge on any atom is 0.339 e. The van der Waals surface area contributed by atoms with Gasteiger partial charge in [-0.1, -0.05) is 18.2 Å². The van der Waals surface area contributed by atoms with Gasteiger partial charge < -0.3 is 8.92 Å². The fraction of sp³-hybridized carbons (Fsp3) is 0.105. The van der Waals surface area contributed by atoms with Crippen LogP contribution in [-0.2, 0) is 24.4 Å². The van der Waals surface area contributed by atoms with Gasteiger partial charge in [0.1, 0.15) is 17.2 Å². The highest BCUT2D eigenvalue weighted by molar-refractivity contribution is 8.18. The van der Waals surface area contributed by atoms with Crippen molar-refractivity contribution in [3.05, 3.63) is 69.1 Å². The lowest BCUT2D eigenvalue weighted by molar-refractivity contribution is -0.385. The number of amides is 2. The second-order valence-corrected chi connectivity index (χ2v) is 8.74. The summed E-state index contributed by atoms with van der Waals surface area (Å²) in [7, 11) is -3.18. The summed E-state index contributed by atoms with van der Waals surface area (Å²) < 4.78 is 34.2. The molecule has 2 amide bonds. The number of benzene rings is 2. The largest absolute Gasteiger partial charge is 0.468 e. The number of hydrogen-bond acceptors (Lipinski definition) is 10. The molecule has 1 fully saturated rings. The fourth-order valence-corrected chi connectivity index (χ4v) is 4.34. The number of ether oxygens (including phenoxy) is 1. The first-order valence-electron chi connectivity index (χ1n) is 8.72. The molecule has 1 aliphatic rings. The molecule has 0 atom stereocenters. The number of imide groups is 1. The molecule has 3 rings (SSSR count). The van der Waals surface area contributed by atoms with Gasteiger partial charge >= 0.3 is 16.1 Å². The van der Waals surface area contributed by atoms with Crippen LogP contribution in [0, 0.1) is 10.1 Å². The Labute approximate surface area is 185 Å². The minimum Gasteiger partial charge on any atom is -0.468 e. The third-order valence-electron chi connectivity index (χ3n) is 4.09. The molecule has 0 unspecified atom stereocenters. The predicted octanol–water partition coefficient (Wildman–Crippen LogP) is 2.57. The van der Waals surface area contributed by atoms with Crippen molar-refractivity contribution < 1.29 is 36.6 Å². The van der Waals surface area contributed by atoms with E-state index in [-0.39, 0.29) is 15.6 Å². The van der Waals surface area contributed by atoms with E-state index in [9.17, 15) is 32.9 Å². The Kier molecular flexibility index (Phi) is 6.60. The highest BCUT2D eigenvalue weighted by Gasteiger charge is 2.36. The number of carbonyl (C=O) groups is 3. The third-order valence-corrected chi connectivity index (χ3v) is 6.24. The van der Waals surface area contributed by atoms with Crippen LogP contribution in [0.2, 0.25) is 0 Å². The molecule has 2 aromatic carbocycles. The highest BCUT2D eigenvalue weighted by atomic mass is 32.2. The van der Waals surface area contributed by atoms with Crippen LogP contribution in [0.4, 0.5) is 10.5 Å². The van der Waals surface area contributed by atoms with Gasteiger partial charge in [-0.25, -0.2) is 0 Å². The lowest BCUT2D eigenvalue weighted by Gasteiger charge is -2.09. The maximum absolute atomic E-state index is 12.4. The second kappa shape index (κ2) is 9.20. The van der Waals surface area contributed by atoms with E-state index in [1.165, 1.54) is 42.5 Å². The zero-order chi connectivity index (χ0) is 23.5. The van der Waals surface area contributed by atoms with E-state index in [4.69, 9.17) is 4.18 Å². The molecule has 1 aliphatic heterocycles. The van der Waals surface area contributed by atoms with Crippen LogP contribution in [-0.4, -0.2) is 49.0 Å². The summed E-state index contributed by atoms with van der Waals surface area (Å²) in [5, 5.41) is 10.2. The number of nitrogens with zero attached hydrogens (tertiary/aromatic N) is 2. The highest BCUT2D eigenvalue weighted by Crippen LogP contribution is 2.32. The number of rotatable bonds is 7. The van der Waals surface area contributed by atoms with Gasteiger partial charge in [0.05, 0.1) is 16.9 Å². The molecule has 2 aromatic rings. The van der Waals surface area contributed by atoms with E-state index in [0.717, 1.165) is 24.1 Å². The van der Waals surface area contributed by atoms with E-state index in [0.29, 0.717) is 17.3 Å². The Morgan fingerprint density at radius 2 is 1.88 bits per heavy atom. The van der Waals surface area contributed by atoms with Gasteiger partial charge in [0.2, 0.25) is 0 Å². The Morgan fingerprint density at radius 3 is 2.50 bits per heavy atom. The summed E-state index contributed by atoms with van der Waals surface area (Å²) in [5.41, 5.74) is 0.0693. The molecule has 32 heavy (non-hydrogen) atoms. The van der Waals surface area contributed by atoms with Crippen LogP contribution >= 0.6 is 11.8 Å². The van der Waals surface area contributed by atoms with Crippen LogP contribution in [0.5, 0.6) is 5.75 Å². The van der Waals surface area contributed by atoms with Crippen molar-refractivity contribution in [3.8, 4) is 5.75 Å². The monoisotopic (exact) mass is 478 g/mol. The van der Waals surface area contributed by atoms with E-state index in [1.807, 2.05) is 0 Å². The van der Waals surface area contributed by atoms with Crippen LogP contribution in [0.25, 0.3) is 6.08 Å². The number of hydrogen-bond donors (Lipinski definition) is 0. The molecular formula is C19H14N2O9S2. The summed E-state index contributed by atoms with van der Waals surface area (Å²) in [4.78, 5) is 46.2. The van der Waals surface area contributed by atoms with Gasteiger partial charge in [0, 0.05) is 12.1 Å². The van der Waals surface area contributed by atoms with Crippen molar-refractivity contribution in [1.29, 1.82) is 0 Å². The van der Waals surface area contributed by atoms with Gasteiger partial charge in [0.15, 0.2) is 0 Å². The number of nitro benzene ring substituents is 1. The van der Waals surface area contributed by atoms with Crippen molar-refractivity contribution in [1.82, 2.24) is 4.90 Å². The number of carbonyl (C=O) groups excluding carboxylic acids is 3. The molecule has 1 heterocycles. The average molecular weight is 478 g/mol. The molecule has 0 bridgehead atoms. The van der Waals surface area contributed by atoms with Crippen LogP contribution < -0.4 is 4.18 Å². The van der Waals surface area contributed by atoms with Crippen molar-refractivity contribution in [2.45, 2.75) is 4.90 Å². The summed E-state index contributed by atoms with van der Waals surface area (Å²) in [6.07, 6.45) is 1.40. The van der Waals surface area contributed by atoms with Crippen molar-refractivity contribution in [2.24, 2.45) is 0 Å². The number of methoxy groups -OCH3 is 1. The Balaban J connectivity index is 1.75. The van der Waals surface area contributed by atoms with Gasteiger partial charge in [-0.3, -0.25) is 29.4 Å². The number of nitro groups is 1. The smallest absolute Gasteiger partial charge is 0.339 e. The van der Waals surface area contributed by atoms with Crippen LogP contribution in [0.15, 0.2) is 58.3 Å². The first-order valence-corrected chi connectivity index (χ1v) is 10.9. The van der Waals surface area contributed by atoms with Crippen molar-refractivity contribution in [2.75, 3.05) is 13.7 Å². The Bertz CT molecular complexity index is 1240. The average Bonchev–Trinajstić information content (AvgIpc) is 3.02. The fourth-order valence-electron chi connectivity index (χ4n) is 2.53. The maximum atomic E-state index is 12.4. The van der Waals surface area contributed by atoms with Gasteiger partial charge in [0.25, 0.3) is 16.8 Å². The van der Waals surface area contributed by atoms with Gasteiger partial charge in [-0.15, -0.1) is 0 Å². The summed E-state index contributed by atoms with van der Waals surface area (Å²) in [6, 6.07) is 9.97. The Hall–Kier alpha value is -3.71. The lowest BCUT2D eigenvalue weighted by Crippen LogP contribution is -2.34. The lowest BCUT2D eigenvalue weighted by atomic mass is 10.2. The quantitative estimate of drug-likeness (QED) is 0.191. The molecule has 0 radical (unpaired) electrons. The number of thioether (sulfide) groups is 1. The van der Waals surface area contributed by atoms with E-state index < -0.39 is 44.4 Å². The van der Waals surface area contributed by atoms with Gasteiger partial charge in [-0.05, 0) is 41.6 Å². The second-order valence-electron chi connectivity index (χ2n) is 6.20. The molecular weight excluding hydrogens is 464 g/mol. The summed E-state index contributed by atoms with van der Waals surface area (Å²) >= 11 is 0.653. The van der Waals surface area contributed by atoms with E-state index in [1.54, 1.807) is 0 Å². The Morgan fingerprint density at radius 1 is 1.19 bits per heavy atom. The molecule has 0 saturated carbocycles. The van der Waals surface area contributed by atoms with E-state index >= 15 is 0 Å². The SMILES string of the molecule is COC(=O)CN1C(=O)S/C(=C\c2ccc(OS(=O)(=O)c3cccc([N+](=O)[O-])c3)cc2)C1=O.